The minimum Gasteiger partial charge on any atom is -0.481 e. The number of nitrogens with one attached hydrogen (secondary N) is 1. The number of carbonyl (C=O) groups is 2. The van der Waals surface area contributed by atoms with Gasteiger partial charge in [0.05, 0.1) is 12.0 Å². The molecule has 1 saturated carbocycles. The largest absolute Gasteiger partial charge is 0.481 e. The average molecular weight is 335 g/mol. The van der Waals surface area contributed by atoms with Crippen LogP contribution in [0.2, 0.25) is 0 Å². The van der Waals surface area contributed by atoms with Crippen LogP contribution in [-0.2, 0) is 9.59 Å². The number of carboxylic acids is 1. The minimum absolute atomic E-state index is 0.106. The van der Waals surface area contributed by atoms with E-state index in [4.69, 9.17) is 0 Å². The maximum atomic E-state index is 13.2. The van der Waals surface area contributed by atoms with Gasteiger partial charge in [-0.1, -0.05) is 39.3 Å². The van der Waals surface area contributed by atoms with Crippen LogP contribution in [-0.4, -0.2) is 17.0 Å². The summed E-state index contributed by atoms with van der Waals surface area (Å²) < 4.78 is 13.2. The molecule has 1 aromatic rings. The van der Waals surface area contributed by atoms with Gasteiger partial charge in [-0.25, -0.2) is 4.39 Å². The lowest BCUT2D eigenvalue weighted by molar-refractivity contribution is -0.144. The summed E-state index contributed by atoms with van der Waals surface area (Å²) in [6.07, 6.45) is 2.50. The summed E-state index contributed by atoms with van der Waals surface area (Å²) in [5.74, 6) is -1.95. The highest BCUT2D eigenvalue weighted by Crippen LogP contribution is 2.35. The van der Waals surface area contributed by atoms with E-state index in [1.54, 1.807) is 12.1 Å². The van der Waals surface area contributed by atoms with E-state index < -0.39 is 11.9 Å². The van der Waals surface area contributed by atoms with Crippen LogP contribution in [0.4, 0.5) is 4.39 Å². The lowest BCUT2D eigenvalue weighted by atomic mass is 9.79. The molecule has 0 saturated heterocycles. The average Bonchev–Trinajstić information content (AvgIpc) is 2.52. The predicted octanol–water partition coefficient (Wildman–Crippen LogP) is 3.92. The van der Waals surface area contributed by atoms with Crippen LogP contribution in [0.25, 0.3) is 0 Å². The van der Waals surface area contributed by atoms with Gasteiger partial charge >= 0.3 is 5.97 Å². The van der Waals surface area contributed by atoms with Gasteiger partial charge in [0.2, 0.25) is 5.91 Å². The molecule has 0 radical (unpaired) electrons. The second kappa shape index (κ2) is 7.32. The Hall–Kier alpha value is -1.91. The molecule has 0 aliphatic heterocycles. The molecule has 2 rings (SSSR count). The molecule has 0 spiro atoms. The van der Waals surface area contributed by atoms with Crippen molar-refractivity contribution in [1.29, 1.82) is 0 Å². The maximum Gasteiger partial charge on any atom is 0.306 e. The second-order valence-electron chi connectivity index (χ2n) is 7.76. The molecule has 24 heavy (non-hydrogen) atoms. The number of carboxylic acid groups (broad SMARTS) is 1. The van der Waals surface area contributed by atoms with E-state index in [1.807, 2.05) is 20.8 Å². The van der Waals surface area contributed by atoms with Crippen LogP contribution in [0.5, 0.6) is 0 Å². The molecular formula is C19H26FNO3. The topological polar surface area (TPSA) is 66.4 Å². The molecule has 0 aromatic heterocycles. The zero-order chi connectivity index (χ0) is 17.9. The Morgan fingerprint density at radius 2 is 1.75 bits per heavy atom. The van der Waals surface area contributed by atoms with Crippen molar-refractivity contribution in [3.05, 3.63) is 35.6 Å². The molecule has 4 nitrogen and oxygen atoms in total. The van der Waals surface area contributed by atoms with Gasteiger partial charge in [-0.05, 0) is 42.4 Å². The third-order valence-corrected chi connectivity index (χ3v) is 4.75. The fourth-order valence-electron chi connectivity index (χ4n) is 3.37. The van der Waals surface area contributed by atoms with Gasteiger partial charge in [0, 0.05) is 5.92 Å². The number of aliphatic carboxylic acids is 1. The first-order valence-corrected chi connectivity index (χ1v) is 8.47. The van der Waals surface area contributed by atoms with E-state index >= 15 is 0 Å². The minimum atomic E-state index is -0.821. The van der Waals surface area contributed by atoms with Crippen LogP contribution in [0.1, 0.15) is 58.1 Å². The van der Waals surface area contributed by atoms with Gasteiger partial charge in [0.1, 0.15) is 5.82 Å². The summed E-state index contributed by atoms with van der Waals surface area (Å²) in [6, 6.07) is 5.90. The van der Waals surface area contributed by atoms with E-state index in [0.29, 0.717) is 12.8 Å². The van der Waals surface area contributed by atoms with Gasteiger partial charge in [-0.15, -0.1) is 0 Å². The fraction of sp³-hybridized carbons (Fsp3) is 0.579. The molecule has 2 N–H and O–H groups in total. The quantitative estimate of drug-likeness (QED) is 0.876. The van der Waals surface area contributed by atoms with Crippen molar-refractivity contribution in [2.24, 2.45) is 17.3 Å². The Morgan fingerprint density at radius 1 is 1.17 bits per heavy atom. The van der Waals surface area contributed by atoms with E-state index in [0.717, 1.165) is 18.4 Å². The molecular weight excluding hydrogens is 309 g/mol. The Labute approximate surface area is 142 Å². The zero-order valence-corrected chi connectivity index (χ0v) is 14.5. The molecule has 0 heterocycles. The summed E-state index contributed by atoms with van der Waals surface area (Å²) >= 11 is 0. The first-order valence-electron chi connectivity index (χ1n) is 8.47. The molecule has 132 valence electrons. The van der Waals surface area contributed by atoms with Crippen molar-refractivity contribution in [2.75, 3.05) is 0 Å². The number of hydrogen-bond acceptors (Lipinski definition) is 2. The van der Waals surface area contributed by atoms with E-state index in [9.17, 15) is 19.1 Å². The van der Waals surface area contributed by atoms with Crippen LogP contribution in [0, 0.1) is 23.1 Å². The molecule has 1 aliphatic carbocycles. The van der Waals surface area contributed by atoms with E-state index in [-0.39, 0.29) is 29.1 Å². The Balaban J connectivity index is 2.13. The Kier molecular flexibility index (Phi) is 5.62. The highest BCUT2D eigenvalue weighted by Gasteiger charge is 2.34. The number of carbonyl (C=O) groups excluding carboxylic acids is 1. The van der Waals surface area contributed by atoms with Gasteiger partial charge in [-0.2, -0.15) is 0 Å². The summed E-state index contributed by atoms with van der Waals surface area (Å²) in [7, 11) is 0. The number of amides is 1. The van der Waals surface area contributed by atoms with Gasteiger partial charge in [0.25, 0.3) is 0 Å². The molecule has 1 aromatic carbocycles. The highest BCUT2D eigenvalue weighted by atomic mass is 19.1. The van der Waals surface area contributed by atoms with Crippen LogP contribution >= 0.6 is 0 Å². The van der Waals surface area contributed by atoms with Crippen molar-refractivity contribution in [3.8, 4) is 0 Å². The van der Waals surface area contributed by atoms with Crippen molar-refractivity contribution < 1.29 is 19.1 Å². The molecule has 0 bridgehead atoms. The van der Waals surface area contributed by atoms with Crippen molar-refractivity contribution >= 4 is 11.9 Å². The highest BCUT2D eigenvalue weighted by molar-refractivity contribution is 5.80. The smallest absolute Gasteiger partial charge is 0.306 e. The SMILES string of the molecule is CC(C)(C)C(NC(=O)C1CCCC(C(=O)O)C1)c1ccc(F)cc1. The van der Waals surface area contributed by atoms with E-state index in [1.165, 1.54) is 12.1 Å². The normalized spacial score (nSPS) is 22.7. The van der Waals surface area contributed by atoms with Crippen LogP contribution < -0.4 is 5.32 Å². The fourth-order valence-corrected chi connectivity index (χ4v) is 3.37. The third-order valence-electron chi connectivity index (χ3n) is 4.75. The number of rotatable bonds is 4. The summed E-state index contributed by atoms with van der Waals surface area (Å²) in [4.78, 5) is 23.9. The first kappa shape index (κ1) is 18.4. The predicted molar refractivity (Wildman–Crippen MR) is 89.8 cm³/mol. The summed E-state index contributed by atoms with van der Waals surface area (Å²) in [5.41, 5.74) is 0.608. The summed E-state index contributed by atoms with van der Waals surface area (Å²) in [5, 5.41) is 12.3. The van der Waals surface area contributed by atoms with Crippen LogP contribution in [0.15, 0.2) is 24.3 Å². The standard InChI is InChI=1S/C19H26FNO3/c1-19(2,3)16(12-7-9-15(20)10-8-12)21-17(22)13-5-4-6-14(11-13)18(23)24/h7-10,13-14,16H,4-6,11H2,1-3H3,(H,21,22)(H,23,24). The van der Waals surface area contributed by atoms with E-state index in [2.05, 4.69) is 5.32 Å². The lowest BCUT2D eigenvalue weighted by Gasteiger charge is -2.34. The molecule has 1 aliphatic rings. The van der Waals surface area contributed by atoms with Gasteiger partial charge < -0.3 is 10.4 Å². The summed E-state index contributed by atoms with van der Waals surface area (Å²) in [6.45, 7) is 6.05. The number of halogens is 1. The Morgan fingerprint density at radius 3 is 2.29 bits per heavy atom. The van der Waals surface area contributed by atoms with Crippen molar-refractivity contribution in [1.82, 2.24) is 5.32 Å². The van der Waals surface area contributed by atoms with Crippen molar-refractivity contribution in [2.45, 2.75) is 52.5 Å². The van der Waals surface area contributed by atoms with Crippen LogP contribution in [0.3, 0.4) is 0 Å². The first-order chi connectivity index (χ1) is 11.2. The number of benzene rings is 1. The molecule has 3 unspecified atom stereocenters. The molecule has 3 atom stereocenters. The lowest BCUT2D eigenvalue weighted by Crippen LogP contribution is -2.41. The second-order valence-corrected chi connectivity index (χ2v) is 7.76. The number of hydrogen-bond donors (Lipinski definition) is 2. The maximum absolute atomic E-state index is 13.2. The molecule has 1 fully saturated rings. The van der Waals surface area contributed by atoms with Gasteiger partial charge in [-0.3, -0.25) is 9.59 Å². The monoisotopic (exact) mass is 335 g/mol. The van der Waals surface area contributed by atoms with Crippen molar-refractivity contribution in [3.63, 3.8) is 0 Å². The molecule has 5 heteroatoms. The molecule has 1 amide bonds. The third kappa shape index (κ3) is 4.56. The van der Waals surface area contributed by atoms with Gasteiger partial charge in [0.15, 0.2) is 0 Å². The Bertz CT molecular complexity index is 592. The zero-order valence-electron chi connectivity index (χ0n) is 14.5.